The van der Waals surface area contributed by atoms with Crippen LogP contribution in [-0.4, -0.2) is 67.0 Å². The zero-order valence-corrected chi connectivity index (χ0v) is 20.9. The molecule has 2 fully saturated rings. The summed E-state index contributed by atoms with van der Waals surface area (Å²) in [5.41, 5.74) is 3.39. The molecule has 1 heterocycles. The molecule has 0 bridgehead atoms. The summed E-state index contributed by atoms with van der Waals surface area (Å²) >= 11 is 0. The molecule has 2 aromatic carbocycles. The third-order valence-electron chi connectivity index (χ3n) is 7.39. The van der Waals surface area contributed by atoms with Gasteiger partial charge < -0.3 is 10.8 Å². The van der Waals surface area contributed by atoms with E-state index in [4.69, 9.17) is 5.73 Å². The molecule has 1 amide bonds. The van der Waals surface area contributed by atoms with Gasteiger partial charge in [0.15, 0.2) is 5.60 Å². The fraction of sp³-hybridized carbons (Fsp3) is 0.480. The van der Waals surface area contributed by atoms with Crippen molar-refractivity contribution in [3.8, 4) is 0 Å². The molecule has 7 nitrogen and oxygen atoms in total. The van der Waals surface area contributed by atoms with Crippen molar-refractivity contribution in [2.24, 2.45) is 5.73 Å². The smallest absolute Gasteiger partial charge is 0.376 e. The van der Waals surface area contributed by atoms with E-state index in [9.17, 15) is 31.5 Å². The van der Waals surface area contributed by atoms with Gasteiger partial charge in [-0.3, -0.25) is 9.69 Å². The monoisotopic (exact) mass is 525 g/mol. The predicted octanol–water partition coefficient (Wildman–Crippen LogP) is 2.98. The van der Waals surface area contributed by atoms with Crippen molar-refractivity contribution in [1.29, 1.82) is 0 Å². The lowest BCUT2D eigenvalue weighted by Gasteiger charge is -2.40. The molecule has 0 aromatic heterocycles. The van der Waals surface area contributed by atoms with E-state index in [1.165, 1.54) is 4.31 Å². The third kappa shape index (κ3) is 4.89. The van der Waals surface area contributed by atoms with E-state index >= 15 is 0 Å². The molecule has 2 aromatic rings. The molecule has 1 aliphatic heterocycles. The number of piperazine rings is 1. The van der Waals surface area contributed by atoms with Gasteiger partial charge in [0.2, 0.25) is 15.9 Å². The van der Waals surface area contributed by atoms with Crippen LogP contribution in [0.4, 0.5) is 13.2 Å². The lowest BCUT2D eigenvalue weighted by molar-refractivity contribution is -0.258. The van der Waals surface area contributed by atoms with Gasteiger partial charge in [-0.2, -0.15) is 17.5 Å². The summed E-state index contributed by atoms with van der Waals surface area (Å²) in [4.78, 5) is 13.5. The van der Waals surface area contributed by atoms with E-state index in [0.717, 1.165) is 49.2 Å². The number of hydrogen-bond donors (Lipinski definition) is 2. The van der Waals surface area contributed by atoms with Crippen molar-refractivity contribution in [1.82, 2.24) is 9.21 Å². The van der Waals surface area contributed by atoms with Crippen molar-refractivity contribution in [2.75, 3.05) is 26.2 Å². The Balaban J connectivity index is 1.43. The summed E-state index contributed by atoms with van der Waals surface area (Å²) in [6.45, 7) is 4.50. The number of nitrogens with zero attached hydrogens (tertiary/aromatic N) is 2. The number of carbonyl (C=O) groups is 1. The van der Waals surface area contributed by atoms with Crippen LogP contribution in [-0.2, 0) is 21.0 Å². The Labute approximate surface area is 208 Å². The Morgan fingerprint density at radius 1 is 1.08 bits per heavy atom. The molecule has 2 atom stereocenters. The van der Waals surface area contributed by atoms with Gasteiger partial charge in [-0.1, -0.05) is 24.3 Å². The molecule has 0 radical (unpaired) electrons. The SMILES string of the molecule is CC1CN(CC2(c3ccc(C(N)=O)cc3)CC2)CCN1S(=O)(=O)c1ccc(C(C)(O)C(F)(F)F)cc1. The summed E-state index contributed by atoms with van der Waals surface area (Å²) in [5, 5.41) is 9.84. The van der Waals surface area contributed by atoms with Crippen LogP contribution in [0.1, 0.15) is 48.2 Å². The van der Waals surface area contributed by atoms with Gasteiger partial charge in [-0.05, 0) is 62.1 Å². The van der Waals surface area contributed by atoms with Crippen LogP contribution >= 0.6 is 0 Å². The molecule has 36 heavy (non-hydrogen) atoms. The van der Waals surface area contributed by atoms with Crippen LogP contribution < -0.4 is 5.73 Å². The van der Waals surface area contributed by atoms with Crippen molar-refractivity contribution in [3.05, 3.63) is 65.2 Å². The highest BCUT2D eigenvalue weighted by Gasteiger charge is 2.51. The normalized spacial score (nSPS) is 22.7. The van der Waals surface area contributed by atoms with Gasteiger partial charge in [-0.15, -0.1) is 0 Å². The predicted molar refractivity (Wildman–Crippen MR) is 128 cm³/mol. The number of halogens is 3. The first-order chi connectivity index (χ1) is 16.7. The van der Waals surface area contributed by atoms with E-state index < -0.39 is 33.3 Å². The van der Waals surface area contributed by atoms with E-state index in [1.54, 1.807) is 12.1 Å². The Morgan fingerprint density at radius 2 is 1.67 bits per heavy atom. The summed E-state index contributed by atoms with van der Waals surface area (Å²) in [6.07, 6.45) is -2.88. The highest BCUT2D eigenvalue weighted by Crippen LogP contribution is 2.49. The maximum Gasteiger partial charge on any atom is 0.421 e. The van der Waals surface area contributed by atoms with Crippen molar-refractivity contribution >= 4 is 15.9 Å². The number of sulfonamides is 1. The molecule has 1 saturated carbocycles. The third-order valence-corrected chi connectivity index (χ3v) is 9.42. The lowest BCUT2D eigenvalue weighted by atomic mass is 9.93. The van der Waals surface area contributed by atoms with Crippen LogP contribution in [0.5, 0.6) is 0 Å². The van der Waals surface area contributed by atoms with E-state index in [1.807, 2.05) is 19.1 Å². The summed E-state index contributed by atoms with van der Waals surface area (Å²) in [6, 6.07) is 11.2. The summed E-state index contributed by atoms with van der Waals surface area (Å²) in [5.74, 6) is -0.474. The Bertz CT molecular complexity index is 1220. The van der Waals surface area contributed by atoms with E-state index in [2.05, 4.69) is 4.90 Å². The number of alkyl halides is 3. The number of rotatable bonds is 7. The van der Waals surface area contributed by atoms with Crippen molar-refractivity contribution in [3.63, 3.8) is 0 Å². The quantitative estimate of drug-likeness (QED) is 0.579. The Kier molecular flexibility index (Phi) is 6.74. The minimum Gasteiger partial charge on any atom is -0.376 e. The maximum atomic E-state index is 13.3. The molecule has 4 rings (SSSR count). The first-order valence-corrected chi connectivity index (χ1v) is 13.2. The standard InChI is InChI=1S/C25H30F3N3O4S/c1-17-15-30(16-24(11-12-24)20-5-3-18(4-6-20)22(29)32)13-14-31(17)36(34,35)21-9-7-19(8-10-21)23(2,33)25(26,27)28/h3-10,17,33H,11-16H2,1-2H3,(H2,29,32). The first kappa shape index (κ1) is 26.6. The van der Waals surface area contributed by atoms with Crippen LogP contribution in [0, 0.1) is 0 Å². The number of primary amides is 1. The number of nitrogens with two attached hydrogens (primary N) is 1. The number of aliphatic hydroxyl groups is 1. The average molecular weight is 526 g/mol. The summed E-state index contributed by atoms with van der Waals surface area (Å²) < 4.78 is 67.2. The zero-order valence-electron chi connectivity index (χ0n) is 20.1. The average Bonchev–Trinajstić information content (AvgIpc) is 3.59. The minimum absolute atomic E-state index is 0.0256. The molecule has 3 N–H and O–H groups in total. The van der Waals surface area contributed by atoms with E-state index in [-0.39, 0.29) is 22.9 Å². The molecule has 0 spiro atoms. The molecule has 1 aliphatic carbocycles. The first-order valence-electron chi connectivity index (χ1n) is 11.7. The molecule has 1 saturated heterocycles. The Hall–Kier alpha value is -2.47. The van der Waals surface area contributed by atoms with Crippen LogP contribution in [0.2, 0.25) is 0 Å². The molecule has 2 aliphatic rings. The number of amides is 1. The second kappa shape index (κ2) is 9.13. The van der Waals surface area contributed by atoms with Crippen LogP contribution in [0.25, 0.3) is 0 Å². The molecular formula is C25H30F3N3O4S. The fourth-order valence-corrected chi connectivity index (χ4v) is 6.49. The molecule has 11 heteroatoms. The highest BCUT2D eigenvalue weighted by atomic mass is 32.2. The van der Waals surface area contributed by atoms with Crippen LogP contribution in [0.3, 0.4) is 0 Å². The topological polar surface area (TPSA) is 104 Å². The second-order valence-corrected chi connectivity index (χ2v) is 11.9. The van der Waals surface area contributed by atoms with Crippen molar-refractivity contribution < 1.29 is 31.5 Å². The molecule has 2 unspecified atom stereocenters. The number of carbonyl (C=O) groups excluding carboxylic acids is 1. The lowest BCUT2D eigenvalue weighted by Crippen LogP contribution is -2.55. The molecular weight excluding hydrogens is 495 g/mol. The number of hydrogen-bond acceptors (Lipinski definition) is 5. The minimum atomic E-state index is -4.89. The Morgan fingerprint density at radius 3 is 2.14 bits per heavy atom. The highest BCUT2D eigenvalue weighted by molar-refractivity contribution is 7.89. The van der Waals surface area contributed by atoms with Gasteiger partial charge >= 0.3 is 6.18 Å². The maximum absolute atomic E-state index is 13.3. The molecule has 196 valence electrons. The fourth-order valence-electron chi connectivity index (χ4n) is 4.87. The van der Waals surface area contributed by atoms with Crippen molar-refractivity contribution in [2.45, 2.75) is 54.8 Å². The van der Waals surface area contributed by atoms with E-state index in [0.29, 0.717) is 25.6 Å². The number of benzene rings is 2. The van der Waals surface area contributed by atoms with Gasteiger partial charge in [0, 0.05) is 43.2 Å². The van der Waals surface area contributed by atoms with Gasteiger partial charge in [-0.25, -0.2) is 8.42 Å². The zero-order chi connectivity index (χ0) is 26.5. The van der Waals surface area contributed by atoms with Gasteiger partial charge in [0.25, 0.3) is 0 Å². The largest absolute Gasteiger partial charge is 0.421 e. The summed E-state index contributed by atoms with van der Waals surface area (Å²) in [7, 11) is -3.93. The van der Waals surface area contributed by atoms with Gasteiger partial charge in [0.1, 0.15) is 0 Å². The van der Waals surface area contributed by atoms with Crippen LogP contribution in [0.15, 0.2) is 53.4 Å². The van der Waals surface area contributed by atoms with Gasteiger partial charge in [0.05, 0.1) is 4.90 Å². The second-order valence-electron chi connectivity index (χ2n) is 10.0.